The van der Waals surface area contributed by atoms with Crippen molar-refractivity contribution in [2.75, 3.05) is 0 Å². The standard InChI is InChI=1S/C8H5N3O2/c12-5-7-10-11-8(13-7)6-2-1-3-9-4-6/h1-5H. The number of hydrogen-bond acceptors (Lipinski definition) is 5. The number of aldehydes is 1. The maximum atomic E-state index is 10.2. The smallest absolute Gasteiger partial charge is 0.280 e. The predicted octanol–water partition coefficient (Wildman–Crippen LogP) is 0.944. The molecule has 0 amide bonds. The minimum absolute atomic E-state index is 0.0288. The molecule has 0 spiro atoms. The number of nitrogens with zero attached hydrogens (tertiary/aromatic N) is 3. The van der Waals surface area contributed by atoms with E-state index in [1.807, 2.05) is 0 Å². The van der Waals surface area contributed by atoms with E-state index in [1.165, 1.54) is 0 Å². The second-order valence-corrected chi connectivity index (χ2v) is 2.31. The van der Waals surface area contributed by atoms with Crippen molar-refractivity contribution >= 4 is 6.29 Å². The molecule has 0 unspecified atom stereocenters. The largest absolute Gasteiger partial charge is 0.414 e. The maximum Gasteiger partial charge on any atom is 0.280 e. The van der Waals surface area contributed by atoms with E-state index in [-0.39, 0.29) is 5.89 Å². The lowest BCUT2D eigenvalue weighted by molar-refractivity contribution is 0.109. The van der Waals surface area contributed by atoms with Crippen LogP contribution in [0.1, 0.15) is 10.7 Å². The van der Waals surface area contributed by atoms with E-state index >= 15 is 0 Å². The minimum Gasteiger partial charge on any atom is -0.414 e. The van der Waals surface area contributed by atoms with Gasteiger partial charge in [-0.3, -0.25) is 9.78 Å². The molecule has 0 atom stereocenters. The van der Waals surface area contributed by atoms with Gasteiger partial charge in [-0.05, 0) is 12.1 Å². The number of carbonyl (C=O) groups is 1. The van der Waals surface area contributed by atoms with E-state index in [4.69, 9.17) is 4.42 Å². The zero-order valence-corrected chi connectivity index (χ0v) is 6.54. The zero-order chi connectivity index (χ0) is 9.10. The Morgan fingerprint density at radius 1 is 1.38 bits per heavy atom. The normalized spacial score (nSPS) is 9.85. The molecular formula is C8H5N3O2. The van der Waals surface area contributed by atoms with Gasteiger partial charge in [-0.25, -0.2) is 0 Å². The van der Waals surface area contributed by atoms with Gasteiger partial charge in [0.05, 0.1) is 5.56 Å². The summed E-state index contributed by atoms with van der Waals surface area (Å²) in [5.41, 5.74) is 0.697. The highest BCUT2D eigenvalue weighted by atomic mass is 16.4. The Hall–Kier alpha value is -2.04. The van der Waals surface area contributed by atoms with Crippen LogP contribution in [-0.2, 0) is 0 Å². The quantitative estimate of drug-likeness (QED) is 0.635. The van der Waals surface area contributed by atoms with Crippen molar-refractivity contribution in [3.05, 3.63) is 30.4 Å². The maximum absolute atomic E-state index is 10.2. The van der Waals surface area contributed by atoms with Gasteiger partial charge in [0, 0.05) is 12.4 Å². The van der Waals surface area contributed by atoms with E-state index < -0.39 is 0 Å². The van der Waals surface area contributed by atoms with Crippen LogP contribution in [0.25, 0.3) is 11.5 Å². The molecule has 0 fully saturated rings. The third-order valence-corrected chi connectivity index (χ3v) is 1.45. The molecule has 2 aromatic rings. The van der Waals surface area contributed by atoms with Crippen LogP contribution in [0.3, 0.4) is 0 Å². The van der Waals surface area contributed by atoms with Gasteiger partial charge in [-0.1, -0.05) is 0 Å². The molecule has 0 saturated carbocycles. The van der Waals surface area contributed by atoms with Crippen molar-refractivity contribution in [3.8, 4) is 11.5 Å². The molecule has 0 saturated heterocycles. The van der Waals surface area contributed by atoms with Gasteiger partial charge in [0.1, 0.15) is 0 Å². The predicted molar refractivity (Wildman–Crippen MR) is 42.9 cm³/mol. The molecule has 0 aliphatic rings. The van der Waals surface area contributed by atoms with Crippen LogP contribution in [0.15, 0.2) is 28.9 Å². The zero-order valence-electron chi connectivity index (χ0n) is 6.54. The fourth-order valence-corrected chi connectivity index (χ4v) is 0.888. The van der Waals surface area contributed by atoms with E-state index in [0.29, 0.717) is 17.7 Å². The molecule has 2 rings (SSSR count). The Labute approximate surface area is 73.4 Å². The Bertz CT molecular complexity index is 410. The summed E-state index contributed by atoms with van der Waals surface area (Å²) < 4.78 is 4.99. The summed E-state index contributed by atoms with van der Waals surface area (Å²) in [6, 6.07) is 3.52. The van der Waals surface area contributed by atoms with Crippen LogP contribution in [0, 0.1) is 0 Å². The van der Waals surface area contributed by atoms with E-state index in [0.717, 1.165) is 0 Å². The average Bonchev–Trinajstić information content (AvgIpc) is 2.67. The Morgan fingerprint density at radius 3 is 2.92 bits per heavy atom. The highest BCUT2D eigenvalue weighted by molar-refractivity contribution is 5.68. The highest BCUT2D eigenvalue weighted by Gasteiger charge is 2.06. The molecule has 0 aromatic carbocycles. The summed E-state index contributed by atoms with van der Waals surface area (Å²) in [7, 11) is 0. The first-order chi connectivity index (χ1) is 6.40. The van der Waals surface area contributed by atoms with Gasteiger partial charge in [0.2, 0.25) is 12.2 Å². The third-order valence-electron chi connectivity index (χ3n) is 1.45. The van der Waals surface area contributed by atoms with Gasteiger partial charge in [-0.2, -0.15) is 0 Å². The number of hydrogen-bond donors (Lipinski definition) is 0. The van der Waals surface area contributed by atoms with Crippen LogP contribution in [0.2, 0.25) is 0 Å². The molecule has 13 heavy (non-hydrogen) atoms. The summed E-state index contributed by atoms with van der Waals surface area (Å²) in [5.74, 6) is 0.272. The lowest BCUT2D eigenvalue weighted by Crippen LogP contribution is -1.78. The molecule has 2 aromatic heterocycles. The van der Waals surface area contributed by atoms with Gasteiger partial charge in [0.15, 0.2) is 0 Å². The monoisotopic (exact) mass is 175 g/mol. The van der Waals surface area contributed by atoms with Crippen LogP contribution in [-0.4, -0.2) is 21.5 Å². The van der Waals surface area contributed by atoms with E-state index in [9.17, 15) is 4.79 Å². The molecular weight excluding hydrogens is 170 g/mol. The van der Waals surface area contributed by atoms with Crippen LogP contribution in [0.5, 0.6) is 0 Å². The molecule has 0 aliphatic carbocycles. The van der Waals surface area contributed by atoms with Crippen molar-refractivity contribution in [2.24, 2.45) is 0 Å². The highest BCUT2D eigenvalue weighted by Crippen LogP contribution is 2.14. The van der Waals surface area contributed by atoms with Crippen molar-refractivity contribution in [3.63, 3.8) is 0 Å². The summed E-state index contributed by atoms with van der Waals surface area (Å²) in [4.78, 5) is 14.1. The summed E-state index contributed by atoms with van der Waals surface area (Å²) in [6.07, 6.45) is 3.73. The topological polar surface area (TPSA) is 68.9 Å². The SMILES string of the molecule is O=Cc1nnc(-c2cccnc2)o1. The summed E-state index contributed by atoms with van der Waals surface area (Å²) in [5, 5.41) is 7.17. The first kappa shape index (κ1) is 7.60. The second kappa shape index (κ2) is 3.14. The van der Waals surface area contributed by atoms with E-state index in [2.05, 4.69) is 15.2 Å². The Kier molecular flexibility index (Phi) is 1.84. The Morgan fingerprint density at radius 2 is 2.31 bits per heavy atom. The fraction of sp³-hybridized carbons (Fsp3) is 0. The first-order valence-electron chi connectivity index (χ1n) is 3.59. The van der Waals surface area contributed by atoms with Gasteiger partial charge in [-0.15, -0.1) is 10.2 Å². The van der Waals surface area contributed by atoms with Crippen LogP contribution in [0.4, 0.5) is 0 Å². The van der Waals surface area contributed by atoms with Gasteiger partial charge < -0.3 is 4.42 Å². The summed E-state index contributed by atoms with van der Waals surface area (Å²) in [6.45, 7) is 0. The van der Waals surface area contributed by atoms with Crippen molar-refractivity contribution in [1.29, 1.82) is 0 Å². The second-order valence-electron chi connectivity index (χ2n) is 2.31. The molecule has 0 N–H and O–H groups in total. The van der Waals surface area contributed by atoms with Crippen LogP contribution < -0.4 is 0 Å². The molecule has 64 valence electrons. The summed E-state index contributed by atoms with van der Waals surface area (Å²) >= 11 is 0. The van der Waals surface area contributed by atoms with Gasteiger partial charge >= 0.3 is 0 Å². The number of aromatic nitrogens is 3. The van der Waals surface area contributed by atoms with Crippen molar-refractivity contribution < 1.29 is 9.21 Å². The molecule has 2 heterocycles. The Balaban J connectivity index is 2.41. The van der Waals surface area contributed by atoms with Gasteiger partial charge in [0.25, 0.3) is 5.89 Å². The van der Waals surface area contributed by atoms with Crippen molar-refractivity contribution in [1.82, 2.24) is 15.2 Å². The van der Waals surface area contributed by atoms with E-state index in [1.54, 1.807) is 24.5 Å². The molecule has 5 nitrogen and oxygen atoms in total. The number of carbonyl (C=O) groups excluding carboxylic acids is 1. The lowest BCUT2D eigenvalue weighted by Gasteiger charge is -1.89. The van der Waals surface area contributed by atoms with Crippen molar-refractivity contribution in [2.45, 2.75) is 0 Å². The number of rotatable bonds is 2. The molecule has 0 radical (unpaired) electrons. The number of pyridine rings is 1. The molecule has 0 bridgehead atoms. The fourth-order valence-electron chi connectivity index (χ4n) is 0.888. The minimum atomic E-state index is -0.0288. The molecule has 5 heteroatoms. The van der Waals surface area contributed by atoms with Crippen LogP contribution >= 0.6 is 0 Å². The molecule has 0 aliphatic heterocycles. The first-order valence-corrected chi connectivity index (χ1v) is 3.59. The lowest BCUT2D eigenvalue weighted by atomic mass is 10.3. The average molecular weight is 175 g/mol. The third kappa shape index (κ3) is 1.44.